The van der Waals surface area contributed by atoms with Crippen molar-refractivity contribution in [2.45, 2.75) is 37.7 Å². The van der Waals surface area contributed by atoms with E-state index in [-0.39, 0.29) is 24.3 Å². The van der Waals surface area contributed by atoms with Crippen LogP contribution in [0.1, 0.15) is 40.7 Å². The van der Waals surface area contributed by atoms with Crippen molar-refractivity contribution < 1.29 is 32.3 Å². The van der Waals surface area contributed by atoms with Gasteiger partial charge in [-0.2, -0.15) is 0 Å². The summed E-state index contributed by atoms with van der Waals surface area (Å²) in [6.45, 7) is 0.176. The number of benzene rings is 2. The number of rotatable bonds is 9. The van der Waals surface area contributed by atoms with Crippen LogP contribution in [0.5, 0.6) is 0 Å². The zero-order valence-electron chi connectivity index (χ0n) is 18.9. The molecule has 3 rings (SSSR count). The number of nitrogens with one attached hydrogen (secondary N) is 1. The van der Waals surface area contributed by atoms with Gasteiger partial charge < -0.3 is 14.4 Å². The number of methoxy groups -OCH3 is 1. The number of ether oxygens (including phenoxy) is 2. The van der Waals surface area contributed by atoms with Gasteiger partial charge in [0.15, 0.2) is 0 Å². The fourth-order valence-electron chi connectivity index (χ4n) is 3.73. The molecule has 182 valence electrons. The van der Waals surface area contributed by atoms with Gasteiger partial charge in [0.25, 0.3) is 0 Å². The molecule has 0 aliphatic carbocycles. The van der Waals surface area contributed by atoms with E-state index in [1.807, 2.05) is 30.3 Å². The summed E-state index contributed by atoms with van der Waals surface area (Å²) in [6, 6.07) is 14.4. The van der Waals surface area contributed by atoms with Crippen LogP contribution in [-0.2, 0) is 41.4 Å². The zero-order valence-corrected chi connectivity index (χ0v) is 19.8. The van der Waals surface area contributed by atoms with Crippen molar-refractivity contribution in [2.75, 3.05) is 20.2 Å². The predicted molar refractivity (Wildman–Crippen MR) is 124 cm³/mol. The van der Waals surface area contributed by atoms with Crippen LogP contribution in [0.3, 0.4) is 0 Å². The van der Waals surface area contributed by atoms with Crippen molar-refractivity contribution in [1.82, 2.24) is 9.62 Å². The molecule has 2 aromatic rings. The highest BCUT2D eigenvalue weighted by atomic mass is 32.2. The lowest BCUT2D eigenvalue weighted by atomic mass is 10.1. The predicted octanol–water partition coefficient (Wildman–Crippen LogP) is 2.02. The molecule has 1 fully saturated rings. The van der Waals surface area contributed by atoms with Gasteiger partial charge in [0.2, 0.25) is 15.9 Å². The Kier molecular flexibility index (Phi) is 8.78. The van der Waals surface area contributed by atoms with Gasteiger partial charge in [-0.25, -0.2) is 17.9 Å². The van der Waals surface area contributed by atoms with Crippen LogP contribution in [0.15, 0.2) is 54.6 Å². The Hall–Kier alpha value is -3.24. The largest absolute Gasteiger partial charge is 0.465 e. The van der Waals surface area contributed by atoms with Gasteiger partial charge in [0.05, 0.1) is 18.4 Å². The molecule has 1 atom stereocenters. The maximum absolute atomic E-state index is 13.0. The minimum Gasteiger partial charge on any atom is -0.465 e. The van der Waals surface area contributed by atoms with Gasteiger partial charge in [0, 0.05) is 6.54 Å². The van der Waals surface area contributed by atoms with E-state index in [4.69, 9.17) is 9.47 Å². The molecule has 0 radical (unpaired) electrons. The Bertz CT molecular complexity index is 1120. The molecule has 0 saturated carbocycles. The second kappa shape index (κ2) is 11.8. The van der Waals surface area contributed by atoms with E-state index in [0.29, 0.717) is 25.8 Å². The number of sulfonamides is 1. The molecular formula is C24H28N2O7S. The number of hydrogen-bond acceptors (Lipinski definition) is 7. The van der Waals surface area contributed by atoms with Gasteiger partial charge in [-0.15, -0.1) is 0 Å². The molecular weight excluding hydrogens is 460 g/mol. The lowest BCUT2D eigenvalue weighted by Crippen LogP contribution is -2.49. The fourth-order valence-corrected chi connectivity index (χ4v) is 5.13. The lowest BCUT2D eigenvalue weighted by Gasteiger charge is -2.24. The second-order valence-electron chi connectivity index (χ2n) is 7.98. The summed E-state index contributed by atoms with van der Waals surface area (Å²) < 4.78 is 38.1. The SMILES string of the molecule is COC(=O)c1ccccc1CS(=O)(=O)N[C@H]1CCCCN(CC(=O)OCc2ccccc2)C1=O. The normalized spacial score (nSPS) is 16.6. The Morgan fingerprint density at radius 1 is 1.06 bits per heavy atom. The molecule has 1 aliphatic heterocycles. The van der Waals surface area contributed by atoms with Crippen LogP contribution < -0.4 is 4.72 Å². The standard InChI is InChI=1S/C24H28N2O7S/c1-32-24(29)20-12-6-5-11-19(20)17-34(30,31)25-21-13-7-8-14-26(23(21)28)15-22(27)33-16-18-9-3-2-4-10-18/h2-6,9-12,21,25H,7-8,13-17H2,1H3/t21-/m0/s1. The zero-order chi connectivity index (χ0) is 24.6. The van der Waals surface area contributed by atoms with Gasteiger partial charge in [-0.1, -0.05) is 48.5 Å². The van der Waals surface area contributed by atoms with E-state index in [0.717, 1.165) is 5.56 Å². The number of likely N-dealkylation sites (tertiary alicyclic amines) is 1. The average Bonchev–Trinajstić information content (AvgIpc) is 2.99. The van der Waals surface area contributed by atoms with Gasteiger partial charge in [0.1, 0.15) is 19.2 Å². The number of carbonyl (C=O) groups excluding carboxylic acids is 3. The van der Waals surface area contributed by atoms with Crippen molar-refractivity contribution in [3.63, 3.8) is 0 Å². The molecule has 1 N–H and O–H groups in total. The molecule has 0 aromatic heterocycles. The average molecular weight is 489 g/mol. The third-order valence-corrected chi connectivity index (χ3v) is 6.77. The maximum atomic E-state index is 13.0. The Morgan fingerprint density at radius 2 is 1.76 bits per heavy atom. The number of esters is 2. The number of carbonyl (C=O) groups is 3. The molecule has 1 aliphatic rings. The summed E-state index contributed by atoms with van der Waals surface area (Å²) in [4.78, 5) is 38.6. The van der Waals surface area contributed by atoms with Crippen LogP contribution in [0.4, 0.5) is 0 Å². The molecule has 0 bridgehead atoms. The van der Waals surface area contributed by atoms with E-state index >= 15 is 0 Å². The van der Waals surface area contributed by atoms with Gasteiger partial charge >= 0.3 is 11.9 Å². The monoisotopic (exact) mass is 488 g/mol. The molecule has 1 heterocycles. The lowest BCUT2D eigenvalue weighted by molar-refractivity contribution is -0.150. The molecule has 1 saturated heterocycles. The molecule has 2 aromatic carbocycles. The quantitative estimate of drug-likeness (QED) is 0.536. The van der Waals surface area contributed by atoms with E-state index in [1.54, 1.807) is 12.1 Å². The molecule has 10 heteroatoms. The van der Waals surface area contributed by atoms with E-state index in [9.17, 15) is 22.8 Å². The van der Waals surface area contributed by atoms with Crippen molar-refractivity contribution in [2.24, 2.45) is 0 Å². The Morgan fingerprint density at radius 3 is 2.50 bits per heavy atom. The van der Waals surface area contributed by atoms with Gasteiger partial charge in [-0.3, -0.25) is 9.59 Å². The first kappa shape index (κ1) is 25.4. The number of amides is 1. The van der Waals surface area contributed by atoms with Crippen LogP contribution >= 0.6 is 0 Å². The maximum Gasteiger partial charge on any atom is 0.338 e. The minimum absolute atomic E-state index is 0.0946. The first-order chi connectivity index (χ1) is 16.3. The molecule has 0 spiro atoms. The van der Waals surface area contributed by atoms with Gasteiger partial charge in [-0.05, 0) is 36.5 Å². The first-order valence-corrected chi connectivity index (χ1v) is 12.6. The highest BCUT2D eigenvalue weighted by Crippen LogP contribution is 2.17. The van der Waals surface area contributed by atoms with Crippen LogP contribution in [0.2, 0.25) is 0 Å². The van der Waals surface area contributed by atoms with E-state index in [2.05, 4.69) is 4.72 Å². The Labute approximate surface area is 199 Å². The van der Waals surface area contributed by atoms with Crippen molar-refractivity contribution in [3.05, 3.63) is 71.3 Å². The molecule has 1 amide bonds. The van der Waals surface area contributed by atoms with Crippen LogP contribution in [-0.4, -0.2) is 57.4 Å². The third kappa shape index (κ3) is 7.13. The summed E-state index contributed by atoms with van der Waals surface area (Å²) >= 11 is 0. The summed E-state index contributed by atoms with van der Waals surface area (Å²) in [5, 5.41) is 0. The van der Waals surface area contributed by atoms with E-state index < -0.39 is 39.7 Å². The van der Waals surface area contributed by atoms with Crippen LogP contribution in [0.25, 0.3) is 0 Å². The highest BCUT2D eigenvalue weighted by molar-refractivity contribution is 7.88. The minimum atomic E-state index is -3.97. The molecule has 0 unspecified atom stereocenters. The number of nitrogens with zero attached hydrogens (tertiary/aromatic N) is 1. The van der Waals surface area contributed by atoms with Crippen molar-refractivity contribution >= 4 is 27.9 Å². The van der Waals surface area contributed by atoms with Crippen molar-refractivity contribution in [3.8, 4) is 0 Å². The van der Waals surface area contributed by atoms with Crippen LogP contribution in [0, 0.1) is 0 Å². The topological polar surface area (TPSA) is 119 Å². The summed E-state index contributed by atoms with van der Waals surface area (Å²) in [5.74, 6) is -2.16. The highest BCUT2D eigenvalue weighted by Gasteiger charge is 2.32. The molecule has 34 heavy (non-hydrogen) atoms. The third-order valence-electron chi connectivity index (χ3n) is 5.43. The van der Waals surface area contributed by atoms with Crippen molar-refractivity contribution in [1.29, 1.82) is 0 Å². The summed E-state index contributed by atoms with van der Waals surface area (Å²) in [6.07, 6.45) is 1.57. The molecule has 9 nitrogen and oxygen atoms in total. The summed E-state index contributed by atoms with van der Waals surface area (Å²) in [5.41, 5.74) is 1.24. The Balaban J connectivity index is 1.63. The van der Waals surface area contributed by atoms with E-state index in [1.165, 1.54) is 24.1 Å². The first-order valence-electron chi connectivity index (χ1n) is 10.9. The summed E-state index contributed by atoms with van der Waals surface area (Å²) in [7, 11) is -2.75. The smallest absolute Gasteiger partial charge is 0.338 e. The number of hydrogen-bond donors (Lipinski definition) is 1. The fraction of sp³-hybridized carbons (Fsp3) is 0.375. The second-order valence-corrected chi connectivity index (χ2v) is 9.73.